The van der Waals surface area contributed by atoms with Gasteiger partial charge in [-0.05, 0) is 19.4 Å². The lowest BCUT2D eigenvalue weighted by molar-refractivity contribution is -0.385. The summed E-state index contributed by atoms with van der Waals surface area (Å²) in [4.78, 5) is 21.4. The van der Waals surface area contributed by atoms with E-state index in [1.54, 1.807) is 26.0 Å². The lowest BCUT2D eigenvalue weighted by Gasteiger charge is -2.08. The zero-order valence-corrected chi connectivity index (χ0v) is 11.0. The molecule has 1 aromatic carbocycles. The lowest BCUT2D eigenvalue weighted by atomic mass is 10.1. The van der Waals surface area contributed by atoms with Gasteiger partial charge in [-0.3, -0.25) is 14.8 Å². The Hall–Kier alpha value is -2.70. The first-order chi connectivity index (χ1) is 9.41. The van der Waals surface area contributed by atoms with Crippen LogP contribution in [0, 0.1) is 24.0 Å². The number of carboxylic acids is 1. The number of carboxylic acid groups (broad SMARTS) is 1. The largest absolute Gasteiger partial charge is 0.478 e. The average Bonchev–Trinajstić information content (AvgIpc) is 2.73. The Morgan fingerprint density at radius 1 is 1.45 bits per heavy atom. The topological polar surface area (TPSA) is 98.3 Å². The van der Waals surface area contributed by atoms with Crippen LogP contribution in [0.15, 0.2) is 24.4 Å². The summed E-state index contributed by atoms with van der Waals surface area (Å²) >= 11 is 0. The Labute approximate surface area is 114 Å². The average molecular weight is 275 g/mol. The molecule has 0 spiro atoms. The van der Waals surface area contributed by atoms with E-state index in [0.717, 1.165) is 5.56 Å². The zero-order valence-electron chi connectivity index (χ0n) is 11.0. The molecule has 0 fully saturated rings. The molecule has 0 radical (unpaired) electrons. The van der Waals surface area contributed by atoms with Gasteiger partial charge < -0.3 is 5.11 Å². The van der Waals surface area contributed by atoms with Gasteiger partial charge in [0.15, 0.2) is 0 Å². The molecule has 20 heavy (non-hydrogen) atoms. The van der Waals surface area contributed by atoms with E-state index in [-0.39, 0.29) is 11.3 Å². The summed E-state index contributed by atoms with van der Waals surface area (Å²) in [5.41, 5.74) is 1.99. The highest BCUT2D eigenvalue weighted by atomic mass is 16.6. The van der Waals surface area contributed by atoms with Gasteiger partial charge in [0.2, 0.25) is 0 Å². The van der Waals surface area contributed by atoms with Crippen molar-refractivity contribution in [2.24, 2.45) is 0 Å². The van der Waals surface area contributed by atoms with Crippen LogP contribution in [0.4, 0.5) is 5.69 Å². The molecule has 0 aliphatic rings. The standard InChI is InChI=1S/C13H13N3O4/c1-8-10(4-3-5-12(8)16(19)20)7-15-9(2)11(6-14-15)13(17)18/h3-6H,7H2,1-2H3,(H,17,18). The summed E-state index contributed by atoms with van der Waals surface area (Å²) in [5.74, 6) is -1.04. The summed E-state index contributed by atoms with van der Waals surface area (Å²) in [6.45, 7) is 3.63. The van der Waals surface area contributed by atoms with E-state index in [0.29, 0.717) is 17.8 Å². The fraction of sp³-hybridized carbons (Fsp3) is 0.231. The van der Waals surface area contributed by atoms with Crippen LogP contribution >= 0.6 is 0 Å². The van der Waals surface area contributed by atoms with Crippen LogP contribution in [0.2, 0.25) is 0 Å². The third kappa shape index (κ3) is 2.37. The van der Waals surface area contributed by atoms with E-state index in [2.05, 4.69) is 5.10 Å². The molecule has 0 atom stereocenters. The number of nitrogens with zero attached hydrogens (tertiary/aromatic N) is 3. The summed E-state index contributed by atoms with van der Waals surface area (Å²) in [5, 5.41) is 23.9. The molecule has 0 aliphatic heterocycles. The van der Waals surface area contributed by atoms with Gasteiger partial charge in [-0.25, -0.2) is 4.79 Å². The SMILES string of the molecule is Cc1c(Cn2ncc(C(=O)O)c2C)cccc1[N+](=O)[O-]. The van der Waals surface area contributed by atoms with Crippen molar-refractivity contribution in [3.05, 3.63) is 56.9 Å². The first-order valence-electron chi connectivity index (χ1n) is 5.90. The van der Waals surface area contributed by atoms with Crippen molar-refractivity contribution in [2.75, 3.05) is 0 Å². The molecule has 0 unspecified atom stereocenters. The van der Waals surface area contributed by atoms with E-state index in [1.807, 2.05) is 0 Å². The summed E-state index contributed by atoms with van der Waals surface area (Å²) in [6, 6.07) is 4.82. The Morgan fingerprint density at radius 3 is 2.70 bits per heavy atom. The van der Waals surface area contributed by atoms with Gasteiger partial charge in [0, 0.05) is 11.6 Å². The van der Waals surface area contributed by atoms with Gasteiger partial charge in [-0.1, -0.05) is 12.1 Å². The van der Waals surface area contributed by atoms with E-state index in [1.165, 1.54) is 16.9 Å². The van der Waals surface area contributed by atoms with Crippen LogP contribution in [0.1, 0.15) is 27.2 Å². The first-order valence-corrected chi connectivity index (χ1v) is 5.90. The van der Waals surface area contributed by atoms with E-state index in [9.17, 15) is 14.9 Å². The highest BCUT2D eigenvalue weighted by Gasteiger charge is 2.16. The number of hydrogen-bond acceptors (Lipinski definition) is 4. The van der Waals surface area contributed by atoms with E-state index in [4.69, 9.17) is 5.11 Å². The Balaban J connectivity index is 2.38. The van der Waals surface area contributed by atoms with Crippen LogP contribution in [0.5, 0.6) is 0 Å². The second-order valence-electron chi connectivity index (χ2n) is 4.42. The van der Waals surface area contributed by atoms with Crippen molar-refractivity contribution in [1.82, 2.24) is 9.78 Å². The maximum atomic E-state index is 11.0. The van der Waals surface area contributed by atoms with Gasteiger partial charge in [-0.15, -0.1) is 0 Å². The fourth-order valence-corrected chi connectivity index (χ4v) is 2.02. The minimum Gasteiger partial charge on any atom is -0.478 e. The summed E-state index contributed by atoms with van der Waals surface area (Å²) < 4.78 is 1.52. The Morgan fingerprint density at radius 2 is 2.15 bits per heavy atom. The molecule has 104 valence electrons. The molecule has 2 aromatic rings. The highest BCUT2D eigenvalue weighted by molar-refractivity contribution is 5.88. The van der Waals surface area contributed by atoms with Crippen molar-refractivity contribution in [3.63, 3.8) is 0 Å². The number of benzene rings is 1. The first kappa shape index (κ1) is 13.7. The van der Waals surface area contributed by atoms with Crippen LogP contribution in [0.3, 0.4) is 0 Å². The maximum absolute atomic E-state index is 11.0. The summed E-state index contributed by atoms with van der Waals surface area (Å²) in [6.07, 6.45) is 1.28. The van der Waals surface area contributed by atoms with Gasteiger partial charge in [0.05, 0.1) is 23.4 Å². The molecule has 1 aromatic heterocycles. The predicted octanol–water partition coefficient (Wildman–Crippen LogP) is 2.15. The molecular weight excluding hydrogens is 262 g/mol. The Kier molecular flexibility index (Phi) is 3.51. The van der Waals surface area contributed by atoms with Crippen molar-refractivity contribution < 1.29 is 14.8 Å². The Bertz CT molecular complexity index is 691. The van der Waals surface area contributed by atoms with Crippen LogP contribution in [-0.2, 0) is 6.54 Å². The second-order valence-corrected chi connectivity index (χ2v) is 4.42. The number of aromatic carboxylic acids is 1. The number of rotatable bonds is 4. The van der Waals surface area contributed by atoms with E-state index >= 15 is 0 Å². The molecule has 1 N–H and O–H groups in total. The molecule has 0 amide bonds. The van der Waals surface area contributed by atoms with Crippen molar-refractivity contribution in [2.45, 2.75) is 20.4 Å². The smallest absolute Gasteiger partial charge is 0.339 e. The molecule has 7 nitrogen and oxygen atoms in total. The number of aromatic nitrogens is 2. The van der Waals surface area contributed by atoms with Crippen molar-refractivity contribution >= 4 is 11.7 Å². The molecular formula is C13H13N3O4. The monoisotopic (exact) mass is 275 g/mol. The lowest BCUT2D eigenvalue weighted by Crippen LogP contribution is -2.07. The molecule has 2 rings (SSSR count). The maximum Gasteiger partial charge on any atom is 0.339 e. The molecule has 1 heterocycles. The molecule has 7 heteroatoms. The second kappa shape index (κ2) is 5.12. The van der Waals surface area contributed by atoms with Crippen molar-refractivity contribution in [3.8, 4) is 0 Å². The molecule has 0 saturated heterocycles. The molecule has 0 aliphatic carbocycles. The minimum atomic E-state index is -1.04. The van der Waals surface area contributed by atoms with Gasteiger partial charge in [-0.2, -0.15) is 5.10 Å². The van der Waals surface area contributed by atoms with Crippen LogP contribution in [0.25, 0.3) is 0 Å². The molecule has 0 bridgehead atoms. The highest BCUT2D eigenvalue weighted by Crippen LogP contribution is 2.22. The van der Waals surface area contributed by atoms with Crippen LogP contribution in [-0.4, -0.2) is 25.8 Å². The fourth-order valence-electron chi connectivity index (χ4n) is 2.02. The van der Waals surface area contributed by atoms with Crippen LogP contribution < -0.4 is 0 Å². The van der Waals surface area contributed by atoms with E-state index < -0.39 is 10.9 Å². The third-order valence-corrected chi connectivity index (χ3v) is 3.27. The van der Waals surface area contributed by atoms with Crippen molar-refractivity contribution in [1.29, 1.82) is 0 Å². The zero-order chi connectivity index (χ0) is 14.9. The van der Waals surface area contributed by atoms with Gasteiger partial charge in [0.1, 0.15) is 5.56 Å². The number of nitro benzene ring substituents is 1. The summed E-state index contributed by atoms with van der Waals surface area (Å²) in [7, 11) is 0. The number of hydrogen-bond donors (Lipinski definition) is 1. The third-order valence-electron chi connectivity index (χ3n) is 3.27. The number of nitro groups is 1. The van der Waals surface area contributed by atoms with Gasteiger partial charge in [0.25, 0.3) is 5.69 Å². The molecule has 0 saturated carbocycles. The minimum absolute atomic E-state index is 0.0470. The van der Waals surface area contributed by atoms with Gasteiger partial charge >= 0.3 is 5.97 Å². The normalized spacial score (nSPS) is 10.5. The quantitative estimate of drug-likeness (QED) is 0.681. The predicted molar refractivity (Wildman–Crippen MR) is 70.9 cm³/mol. The number of carbonyl (C=O) groups is 1.